The number of hydrogen-bond donors (Lipinski definition) is 0. The summed E-state index contributed by atoms with van der Waals surface area (Å²) in [6.07, 6.45) is 7.02. The molecule has 9 heteroatoms. The first-order valence-corrected chi connectivity index (χ1v) is 11.6. The Labute approximate surface area is 160 Å². The molecule has 1 aliphatic heterocycles. The fourth-order valence-electron chi connectivity index (χ4n) is 2.96. The maximum atomic E-state index is 12.8. The number of aromatic nitrogens is 3. The topological polar surface area (TPSA) is 76.0 Å². The molecule has 0 radical (unpaired) electrons. The third-order valence-electron chi connectivity index (χ3n) is 4.34. The molecule has 0 aromatic carbocycles. The Morgan fingerprint density at radius 1 is 1.00 bits per heavy atom. The van der Waals surface area contributed by atoms with Gasteiger partial charge in [-0.05, 0) is 48.2 Å². The van der Waals surface area contributed by atoms with Crippen LogP contribution in [0, 0.1) is 0 Å². The first kappa shape index (κ1) is 17.8. The average Bonchev–Trinajstić information content (AvgIpc) is 2.96. The molecule has 0 N–H and O–H groups in total. The summed E-state index contributed by atoms with van der Waals surface area (Å²) in [5.74, 6) is 0. The van der Waals surface area contributed by atoms with E-state index in [-0.39, 0.29) is 4.90 Å². The molecule has 0 unspecified atom stereocenters. The van der Waals surface area contributed by atoms with Crippen molar-refractivity contribution in [3.05, 3.63) is 36.1 Å². The minimum absolute atomic E-state index is 0.257. The van der Waals surface area contributed by atoms with E-state index in [9.17, 15) is 8.42 Å². The Balaban J connectivity index is 1.55. The zero-order valence-corrected chi connectivity index (χ0v) is 16.5. The van der Waals surface area contributed by atoms with Crippen molar-refractivity contribution in [3.8, 4) is 0 Å². The number of rotatable bonds is 4. The van der Waals surface area contributed by atoms with Gasteiger partial charge in [0.1, 0.15) is 26.1 Å². The van der Waals surface area contributed by atoms with E-state index in [2.05, 4.69) is 15.0 Å². The highest BCUT2D eigenvalue weighted by Gasteiger charge is 2.25. The van der Waals surface area contributed by atoms with Gasteiger partial charge in [0.05, 0.1) is 0 Å². The normalized spacial score (nSPS) is 16.6. The smallest absolute Gasteiger partial charge is 0.244 e. The number of hydrogen-bond acceptors (Lipinski definition) is 7. The monoisotopic (exact) mass is 406 g/mol. The third-order valence-corrected chi connectivity index (χ3v) is 8.01. The van der Waals surface area contributed by atoms with Crippen molar-refractivity contribution in [2.24, 2.45) is 0 Å². The van der Waals surface area contributed by atoms with Gasteiger partial charge in [-0.3, -0.25) is 0 Å². The van der Waals surface area contributed by atoms with Crippen molar-refractivity contribution >= 4 is 43.3 Å². The van der Waals surface area contributed by atoms with E-state index in [1.807, 2.05) is 11.4 Å². The summed E-state index contributed by atoms with van der Waals surface area (Å²) >= 11 is 2.98. The first-order chi connectivity index (χ1) is 12.6. The van der Waals surface area contributed by atoms with E-state index in [0.29, 0.717) is 18.1 Å². The molecule has 0 spiro atoms. The van der Waals surface area contributed by atoms with E-state index in [1.54, 1.807) is 34.1 Å². The molecule has 3 aromatic heterocycles. The van der Waals surface area contributed by atoms with Gasteiger partial charge in [0.25, 0.3) is 0 Å². The van der Waals surface area contributed by atoms with Crippen LogP contribution in [-0.4, -0.2) is 40.8 Å². The second-order valence-corrected chi connectivity index (χ2v) is 9.91. The van der Waals surface area contributed by atoms with Gasteiger partial charge in [0, 0.05) is 24.7 Å². The largest absolute Gasteiger partial charge is 0.248 e. The summed E-state index contributed by atoms with van der Waals surface area (Å²) in [7, 11) is -3.46. The molecule has 6 nitrogen and oxygen atoms in total. The van der Waals surface area contributed by atoms with E-state index < -0.39 is 10.0 Å². The van der Waals surface area contributed by atoms with Gasteiger partial charge >= 0.3 is 0 Å². The molecule has 1 aliphatic rings. The average molecular weight is 407 g/mol. The number of fused-ring (bicyclic) bond motifs is 1. The molecule has 0 saturated carbocycles. The molecule has 0 aliphatic carbocycles. The van der Waals surface area contributed by atoms with Crippen LogP contribution in [0.5, 0.6) is 0 Å². The summed E-state index contributed by atoms with van der Waals surface area (Å²) in [6.45, 7) is 1.19. The number of nitrogens with zero attached hydrogens (tertiary/aromatic N) is 4. The summed E-state index contributed by atoms with van der Waals surface area (Å²) in [6, 6.07) is 5.37. The maximum absolute atomic E-state index is 12.8. The summed E-state index contributed by atoms with van der Waals surface area (Å²) < 4.78 is 27.2. The Kier molecular flexibility index (Phi) is 5.21. The molecule has 0 atom stereocenters. The second kappa shape index (κ2) is 7.59. The third kappa shape index (κ3) is 3.62. The van der Waals surface area contributed by atoms with Crippen molar-refractivity contribution in [1.82, 2.24) is 19.3 Å². The number of sulfonamides is 1. The van der Waals surface area contributed by atoms with E-state index in [4.69, 9.17) is 0 Å². The Morgan fingerprint density at radius 3 is 2.54 bits per heavy atom. The van der Waals surface area contributed by atoms with Gasteiger partial charge in [0.2, 0.25) is 10.0 Å². The van der Waals surface area contributed by atoms with Crippen LogP contribution in [0.15, 0.2) is 51.1 Å². The van der Waals surface area contributed by atoms with Crippen molar-refractivity contribution in [1.29, 1.82) is 0 Å². The van der Waals surface area contributed by atoms with Crippen molar-refractivity contribution in [2.75, 3.05) is 13.1 Å². The number of pyridine rings is 1. The van der Waals surface area contributed by atoms with Gasteiger partial charge in [-0.2, -0.15) is 4.31 Å². The summed E-state index contributed by atoms with van der Waals surface area (Å²) in [5.41, 5.74) is 0. The summed E-state index contributed by atoms with van der Waals surface area (Å²) in [4.78, 5) is 14.1. The SMILES string of the molecule is O=S(=O)(c1ccc(Sc2ncnc3sccc23)nc1)N1CCCCCC1. The maximum Gasteiger partial charge on any atom is 0.244 e. The summed E-state index contributed by atoms with van der Waals surface area (Å²) in [5, 5.41) is 4.51. The molecule has 1 saturated heterocycles. The minimum atomic E-state index is -3.46. The zero-order chi connectivity index (χ0) is 18.0. The lowest BCUT2D eigenvalue weighted by molar-refractivity contribution is 0.423. The van der Waals surface area contributed by atoms with Crippen LogP contribution in [0.3, 0.4) is 0 Å². The van der Waals surface area contributed by atoms with Gasteiger partial charge in [0.15, 0.2) is 0 Å². The van der Waals surface area contributed by atoms with Crippen LogP contribution in [0.25, 0.3) is 10.2 Å². The van der Waals surface area contributed by atoms with Crippen LogP contribution in [0.4, 0.5) is 0 Å². The highest BCUT2D eigenvalue weighted by molar-refractivity contribution is 7.99. The van der Waals surface area contributed by atoms with Gasteiger partial charge in [-0.1, -0.05) is 12.8 Å². The first-order valence-electron chi connectivity index (χ1n) is 8.47. The number of thiophene rings is 1. The fraction of sp³-hybridized carbons (Fsp3) is 0.353. The van der Waals surface area contributed by atoms with E-state index in [1.165, 1.54) is 18.0 Å². The Morgan fingerprint density at radius 2 is 1.81 bits per heavy atom. The van der Waals surface area contributed by atoms with Crippen LogP contribution >= 0.6 is 23.1 Å². The van der Waals surface area contributed by atoms with Crippen molar-refractivity contribution in [3.63, 3.8) is 0 Å². The molecule has 26 heavy (non-hydrogen) atoms. The van der Waals surface area contributed by atoms with Crippen LogP contribution < -0.4 is 0 Å². The molecular weight excluding hydrogens is 388 g/mol. The zero-order valence-electron chi connectivity index (χ0n) is 14.0. The minimum Gasteiger partial charge on any atom is -0.248 e. The van der Waals surface area contributed by atoms with E-state index >= 15 is 0 Å². The highest BCUT2D eigenvalue weighted by atomic mass is 32.2. The lowest BCUT2D eigenvalue weighted by Gasteiger charge is -2.19. The van der Waals surface area contributed by atoms with Crippen molar-refractivity contribution < 1.29 is 8.42 Å². The fourth-order valence-corrected chi connectivity index (χ4v) is 6.03. The predicted molar refractivity (Wildman–Crippen MR) is 103 cm³/mol. The van der Waals surface area contributed by atoms with Gasteiger partial charge in [-0.15, -0.1) is 11.3 Å². The standard InChI is InChI=1S/C17H18N4O2S3/c22-26(23,21-8-3-1-2-4-9-21)13-5-6-15(18-11-13)25-17-14-7-10-24-16(14)19-12-20-17/h5-7,10-12H,1-4,8-9H2. The Hall–Kier alpha value is -1.55. The van der Waals surface area contributed by atoms with Crippen LogP contribution in [0.1, 0.15) is 25.7 Å². The van der Waals surface area contributed by atoms with Gasteiger partial charge in [-0.25, -0.2) is 23.4 Å². The molecule has 136 valence electrons. The predicted octanol–water partition coefficient (Wildman–Crippen LogP) is 3.80. The molecule has 0 bridgehead atoms. The van der Waals surface area contributed by atoms with E-state index in [0.717, 1.165) is 40.9 Å². The molecular formula is C17H18N4O2S3. The Bertz CT molecular complexity index is 994. The molecule has 1 fully saturated rings. The molecule has 4 rings (SSSR count). The molecule has 3 aromatic rings. The van der Waals surface area contributed by atoms with Gasteiger partial charge < -0.3 is 0 Å². The van der Waals surface area contributed by atoms with Crippen LogP contribution in [-0.2, 0) is 10.0 Å². The second-order valence-electron chi connectivity index (χ2n) is 6.07. The quantitative estimate of drug-likeness (QED) is 0.614. The highest BCUT2D eigenvalue weighted by Crippen LogP contribution is 2.32. The lowest BCUT2D eigenvalue weighted by Crippen LogP contribution is -2.32. The molecule has 4 heterocycles. The van der Waals surface area contributed by atoms with Crippen molar-refractivity contribution in [2.45, 2.75) is 40.6 Å². The van der Waals surface area contributed by atoms with Crippen LogP contribution in [0.2, 0.25) is 0 Å². The lowest BCUT2D eigenvalue weighted by atomic mass is 10.2. The molecule has 0 amide bonds.